The normalized spacial score (nSPS) is 16.0. The highest BCUT2D eigenvalue weighted by Gasteiger charge is 2.13. The lowest BCUT2D eigenvalue weighted by Gasteiger charge is -2.12. The van der Waals surface area contributed by atoms with Gasteiger partial charge in [-0.3, -0.25) is 4.99 Å². The molecule has 0 amide bonds. The van der Waals surface area contributed by atoms with Crippen LogP contribution in [0.25, 0.3) is 0 Å². The SMILES string of the molecule is CN=C(NCCCCC1CCCC1)NCCCc1nc(C)no1. The molecule has 0 aromatic carbocycles. The minimum absolute atomic E-state index is 0.697. The lowest BCUT2D eigenvalue weighted by Crippen LogP contribution is -2.38. The summed E-state index contributed by atoms with van der Waals surface area (Å²) in [6.45, 7) is 3.68. The Bertz CT molecular complexity index is 465. The van der Waals surface area contributed by atoms with Crippen LogP contribution in [0.2, 0.25) is 0 Å². The fourth-order valence-corrected chi connectivity index (χ4v) is 3.17. The van der Waals surface area contributed by atoms with Gasteiger partial charge in [0.05, 0.1) is 0 Å². The van der Waals surface area contributed by atoms with Crippen LogP contribution in [0.3, 0.4) is 0 Å². The molecule has 0 bridgehead atoms. The van der Waals surface area contributed by atoms with Crippen LogP contribution in [-0.4, -0.2) is 36.2 Å². The van der Waals surface area contributed by atoms with E-state index in [1.165, 1.54) is 44.9 Å². The summed E-state index contributed by atoms with van der Waals surface area (Å²) in [7, 11) is 1.81. The van der Waals surface area contributed by atoms with Crippen LogP contribution >= 0.6 is 0 Å². The first-order valence-electron chi connectivity index (χ1n) is 9.01. The van der Waals surface area contributed by atoms with Gasteiger partial charge in [0.2, 0.25) is 5.89 Å². The Labute approximate surface area is 139 Å². The van der Waals surface area contributed by atoms with Gasteiger partial charge in [0.1, 0.15) is 0 Å². The van der Waals surface area contributed by atoms with Gasteiger partial charge in [0.25, 0.3) is 0 Å². The van der Waals surface area contributed by atoms with E-state index in [2.05, 4.69) is 25.8 Å². The third-order valence-electron chi connectivity index (χ3n) is 4.46. The highest BCUT2D eigenvalue weighted by Crippen LogP contribution is 2.28. The van der Waals surface area contributed by atoms with Gasteiger partial charge in [-0.1, -0.05) is 43.7 Å². The molecule has 1 aliphatic carbocycles. The van der Waals surface area contributed by atoms with Gasteiger partial charge in [-0.05, 0) is 25.7 Å². The Morgan fingerprint density at radius 3 is 2.57 bits per heavy atom. The van der Waals surface area contributed by atoms with E-state index in [0.29, 0.717) is 11.7 Å². The number of nitrogens with one attached hydrogen (secondary N) is 2. The van der Waals surface area contributed by atoms with E-state index in [1.54, 1.807) is 0 Å². The van der Waals surface area contributed by atoms with Crippen LogP contribution in [0, 0.1) is 12.8 Å². The topological polar surface area (TPSA) is 75.3 Å². The minimum atomic E-state index is 0.697. The molecule has 6 heteroatoms. The summed E-state index contributed by atoms with van der Waals surface area (Å²) >= 11 is 0. The highest BCUT2D eigenvalue weighted by atomic mass is 16.5. The number of hydrogen-bond donors (Lipinski definition) is 2. The average Bonchev–Trinajstić information content (AvgIpc) is 3.20. The molecule has 1 aliphatic rings. The second-order valence-corrected chi connectivity index (χ2v) is 6.41. The maximum atomic E-state index is 5.10. The van der Waals surface area contributed by atoms with Crippen molar-refractivity contribution in [1.29, 1.82) is 0 Å². The third-order valence-corrected chi connectivity index (χ3v) is 4.46. The van der Waals surface area contributed by atoms with Crippen molar-refractivity contribution in [1.82, 2.24) is 20.8 Å². The van der Waals surface area contributed by atoms with Gasteiger partial charge in [0, 0.05) is 26.6 Å². The molecule has 2 N–H and O–H groups in total. The smallest absolute Gasteiger partial charge is 0.226 e. The molecule has 2 rings (SSSR count). The number of aromatic nitrogens is 2. The Balaban J connectivity index is 1.47. The molecule has 0 saturated heterocycles. The molecule has 0 aliphatic heterocycles. The van der Waals surface area contributed by atoms with Crippen molar-refractivity contribution in [3.05, 3.63) is 11.7 Å². The van der Waals surface area contributed by atoms with E-state index in [4.69, 9.17) is 4.52 Å². The number of hydrogen-bond acceptors (Lipinski definition) is 4. The van der Waals surface area contributed by atoms with Gasteiger partial charge < -0.3 is 15.2 Å². The lowest BCUT2D eigenvalue weighted by atomic mass is 10.0. The monoisotopic (exact) mass is 321 g/mol. The van der Waals surface area contributed by atoms with E-state index < -0.39 is 0 Å². The summed E-state index contributed by atoms with van der Waals surface area (Å²) < 4.78 is 5.10. The largest absolute Gasteiger partial charge is 0.356 e. The Kier molecular flexibility index (Phi) is 7.90. The van der Waals surface area contributed by atoms with Crippen molar-refractivity contribution < 1.29 is 4.52 Å². The number of aryl methyl sites for hydroxylation is 2. The van der Waals surface area contributed by atoms with Crippen molar-refractivity contribution in [3.8, 4) is 0 Å². The van der Waals surface area contributed by atoms with Gasteiger partial charge in [-0.15, -0.1) is 0 Å². The maximum Gasteiger partial charge on any atom is 0.226 e. The summed E-state index contributed by atoms with van der Waals surface area (Å²) in [5.74, 6) is 3.29. The second kappa shape index (κ2) is 10.2. The number of aliphatic imine (C=N–C) groups is 1. The molecule has 0 atom stereocenters. The van der Waals surface area contributed by atoms with Gasteiger partial charge >= 0.3 is 0 Å². The average molecular weight is 321 g/mol. The van der Waals surface area contributed by atoms with E-state index in [-0.39, 0.29) is 0 Å². The fourth-order valence-electron chi connectivity index (χ4n) is 3.17. The number of unbranched alkanes of at least 4 members (excludes halogenated alkanes) is 1. The maximum absolute atomic E-state index is 5.10. The molecule has 0 radical (unpaired) electrons. The summed E-state index contributed by atoms with van der Waals surface area (Å²) in [5, 5.41) is 10.5. The van der Waals surface area contributed by atoms with Crippen LogP contribution in [0.5, 0.6) is 0 Å². The number of nitrogens with zero attached hydrogens (tertiary/aromatic N) is 3. The zero-order chi connectivity index (χ0) is 16.3. The van der Waals surface area contributed by atoms with Gasteiger partial charge in [-0.2, -0.15) is 4.98 Å². The Hall–Kier alpha value is -1.59. The summed E-state index contributed by atoms with van der Waals surface area (Å²) in [6, 6.07) is 0. The predicted molar refractivity (Wildman–Crippen MR) is 92.5 cm³/mol. The summed E-state index contributed by atoms with van der Waals surface area (Å²) in [6.07, 6.45) is 11.5. The van der Waals surface area contributed by atoms with Crippen molar-refractivity contribution in [3.63, 3.8) is 0 Å². The van der Waals surface area contributed by atoms with Crippen LogP contribution in [-0.2, 0) is 6.42 Å². The van der Waals surface area contributed by atoms with Crippen molar-refractivity contribution in [2.45, 2.75) is 64.7 Å². The van der Waals surface area contributed by atoms with Crippen LogP contribution < -0.4 is 10.6 Å². The molecule has 0 unspecified atom stereocenters. The van der Waals surface area contributed by atoms with Crippen LogP contribution in [0.4, 0.5) is 0 Å². The zero-order valence-electron chi connectivity index (χ0n) is 14.6. The molecule has 23 heavy (non-hydrogen) atoms. The molecule has 6 nitrogen and oxygen atoms in total. The molecule has 1 saturated carbocycles. The summed E-state index contributed by atoms with van der Waals surface area (Å²) in [5.41, 5.74) is 0. The van der Waals surface area contributed by atoms with Crippen LogP contribution in [0.1, 0.15) is 63.1 Å². The van der Waals surface area contributed by atoms with E-state index >= 15 is 0 Å². The van der Waals surface area contributed by atoms with Gasteiger partial charge in [0.15, 0.2) is 11.8 Å². The molecule has 0 spiro atoms. The predicted octanol–water partition coefficient (Wildman–Crippen LogP) is 2.84. The van der Waals surface area contributed by atoms with Crippen LogP contribution in [0.15, 0.2) is 9.52 Å². The molecular weight excluding hydrogens is 290 g/mol. The molecule has 1 fully saturated rings. The first kappa shape index (κ1) is 17.8. The lowest BCUT2D eigenvalue weighted by molar-refractivity contribution is 0.372. The van der Waals surface area contributed by atoms with E-state index in [9.17, 15) is 0 Å². The zero-order valence-corrected chi connectivity index (χ0v) is 14.6. The third kappa shape index (κ3) is 7.01. The first-order valence-corrected chi connectivity index (χ1v) is 9.01. The number of rotatable bonds is 9. The van der Waals surface area contributed by atoms with Crippen molar-refractivity contribution >= 4 is 5.96 Å². The molecule has 130 valence electrons. The highest BCUT2D eigenvalue weighted by molar-refractivity contribution is 5.79. The van der Waals surface area contributed by atoms with E-state index in [1.807, 2.05) is 14.0 Å². The number of guanidine groups is 1. The molecule has 1 heterocycles. The molecule has 1 aromatic heterocycles. The molecule has 1 aromatic rings. The fraction of sp³-hybridized carbons (Fsp3) is 0.824. The first-order chi connectivity index (χ1) is 11.3. The Morgan fingerprint density at radius 2 is 1.91 bits per heavy atom. The second-order valence-electron chi connectivity index (χ2n) is 6.41. The minimum Gasteiger partial charge on any atom is -0.356 e. The standard InChI is InChI=1S/C17H31N5O/c1-14-21-16(23-22-14)11-7-13-20-17(18-2)19-12-6-5-10-15-8-3-4-9-15/h15H,3-13H2,1-2H3,(H2,18,19,20). The van der Waals surface area contributed by atoms with Gasteiger partial charge in [-0.25, -0.2) is 0 Å². The van der Waals surface area contributed by atoms with E-state index in [0.717, 1.165) is 37.8 Å². The quantitative estimate of drug-likeness (QED) is 0.415. The Morgan fingerprint density at radius 1 is 1.17 bits per heavy atom. The van der Waals surface area contributed by atoms with Crippen molar-refractivity contribution in [2.24, 2.45) is 10.9 Å². The molecular formula is C17H31N5O. The van der Waals surface area contributed by atoms with Crippen molar-refractivity contribution in [2.75, 3.05) is 20.1 Å². The summed E-state index contributed by atoms with van der Waals surface area (Å²) in [4.78, 5) is 8.45.